The maximum atomic E-state index is 11.6. The number of aromatic hydroxyl groups is 1. The molecule has 2 aliphatic rings. The van der Waals surface area contributed by atoms with Crippen molar-refractivity contribution in [2.75, 3.05) is 5.32 Å². The van der Waals surface area contributed by atoms with E-state index in [4.69, 9.17) is 4.74 Å². The number of H-pyrrole nitrogens is 2. The third-order valence-electron chi connectivity index (χ3n) is 5.42. The van der Waals surface area contributed by atoms with E-state index in [1.54, 1.807) is 24.4 Å². The number of aromatic nitrogens is 6. The molecule has 0 spiro atoms. The van der Waals surface area contributed by atoms with Crippen molar-refractivity contribution < 1.29 is 14.6 Å². The summed E-state index contributed by atoms with van der Waals surface area (Å²) in [5.74, 6) is 0.244. The lowest BCUT2D eigenvalue weighted by Gasteiger charge is -2.17. The van der Waals surface area contributed by atoms with Crippen LogP contribution >= 0.6 is 0 Å². The highest BCUT2D eigenvalue weighted by atomic mass is 16.5. The van der Waals surface area contributed by atoms with E-state index in [1.807, 2.05) is 6.07 Å². The average molecular weight is 446 g/mol. The molecule has 3 aromatic heterocycles. The van der Waals surface area contributed by atoms with Crippen molar-refractivity contribution >= 4 is 23.3 Å². The Bertz CT molecular complexity index is 1590. The first kappa shape index (κ1) is 19.2. The molecule has 0 atom stereocenters. The Labute approximate surface area is 184 Å². The summed E-state index contributed by atoms with van der Waals surface area (Å²) in [5, 5.41) is 17.6. The zero-order valence-electron chi connectivity index (χ0n) is 17.2. The van der Waals surface area contributed by atoms with Gasteiger partial charge >= 0.3 is 11.7 Å². The number of fused-ring (bicyclic) bond motifs is 2. The molecule has 0 radical (unpaired) electrons. The summed E-state index contributed by atoms with van der Waals surface area (Å²) < 4.78 is 7.46. The molecule has 1 aromatic carbocycles. The smallest absolute Gasteiger partial charge is 0.327 e. The minimum atomic E-state index is -0.526. The number of rotatable bonds is 4. The highest BCUT2D eigenvalue weighted by Crippen LogP contribution is 2.28. The molecular formula is C21H18N8O4. The fraction of sp³-hybridized carbons (Fsp3) is 0.238. The van der Waals surface area contributed by atoms with Crippen molar-refractivity contribution in [2.24, 2.45) is 4.99 Å². The summed E-state index contributed by atoms with van der Waals surface area (Å²) in [4.78, 5) is 41.4. The minimum Gasteiger partial charge on any atom is -0.493 e. The number of benzene rings is 1. The van der Waals surface area contributed by atoms with E-state index in [0.717, 1.165) is 24.1 Å². The van der Waals surface area contributed by atoms with E-state index in [2.05, 4.69) is 35.3 Å². The van der Waals surface area contributed by atoms with Gasteiger partial charge in [0.2, 0.25) is 11.8 Å². The first-order chi connectivity index (χ1) is 16.0. The van der Waals surface area contributed by atoms with Crippen LogP contribution in [0, 0.1) is 0 Å². The molecule has 1 saturated carbocycles. The van der Waals surface area contributed by atoms with Gasteiger partial charge in [-0.15, -0.1) is 0 Å². The normalized spacial score (nSPS) is 16.8. The van der Waals surface area contributed by atoms with E-state index in [1.165, 1.54) is 4.52 Å². The van der Waals surface area contributed by atoms with Gasteiger partial charge in [0.05, 0.1) is 12.2 Å². The van der Waals surface area contributed by atoms with Gasteiger partial charge in [0.1, 0.15) is 11.4 Å². The number of hydrogen-bond donors (Lipinski definition) is 4. The zero-order chi connectivity index (χ0) is 22.5. The number of ether oxygens (including phenoxy) is 1. The molecule has 0 unspecified atom stereocenters. The number of hydrogen-bond acceptors (Lipinski definition) is 8. The molecule has 4 aromatic rings. The Morgan fingerprint density at radius 3 is 2.85 bits per heavy atom. The van der Waals surface area contributed by atoms with Crippen molar-refractivity contribution in [1.82, 2.24) is 29.5 Å². The lowest BCUT2D eigenvalue weighted by atomic mass is 10.0. The number of nitrogens with zero attached hydrogens (tertiary/aromatic N) is 5. The van der Waals surface area contributed by atoms with Crippen molar-refractivity contribution in [1.29, 1.82) is 0 Å². The van der Waals surface area contributed by atoms with E-state index >= 15 is 0 Å². The molecule has 6 rings (SSSR count). The summed E-state index contributed by atoms with van der Waals surface area (Å²) in [6.45, 7) is 0. The molecule has 1 amide bonds. The monoisotopic (exact) mass is 446 g/mol. The lowest BCUT2D eigenvalue weighted by Crippen LogP contribution is -2.23. The molecule has 1 aliphatic heterocycles. The number of nitrogens with one attached hydrogen (secondary N) is 3. The highest BCUT2D eigenvalue weighted by molar-refractivity contribution is 5.94. The second kappa shape index (κ2) is 7.29. The van der Waals surface area contributed by atoms with Crippen LogP contribution in [0.25, 0.3) is 11.7 Å². The standard InChI is InChI=1S/C21H18N8O4/c30-16-6-1-10-7-13(4-5-14(10)24-16)33-21-26-17-11(8-15-18(31)27-20(32)25-15)9-22-29(17)19(28-21)23-12-2-3-12/h4-5,7-9,12,31H,1-3,6H2,(H,24,30)(H2,25,27,32). The van der Waals surface area contributed by atoms with E-state index < -0.39 is 5.69 Å². The van der Waals surface area contributed by atoms with Crippen LogP contribution in [0.2, 0.25) is 0 Å². The van der Waals surface area contributed by atoms with Crippen molar-refractivity contribution in [3.05, 3.63) is 57.0 Å². The Morgan fingerprint density at radius 2 is 2.06 bits per heavy atom. The molecule has 4 heterocycles. The third kappa shape index (κ3) is 3.71. The summed E-state index contributed by atoms with van der Waals surface area (Å²) in [6.07, 6.45) is 6.11. The lowest BCUT2D eigenvalue weighted by molar-refractivity contribution is -0.116. The molecule has 166 valence electrons. The fourth-order valence-corrected chi connectivity index (χ4v) is 3.64. The SMILES string of the molecule is O=C1CCc2cc(Oc3nc(=NC4CC4)n4ncc(=Cc5[nH]c(=O)[nH]c5O)c4n3)ccc2N1. The molecule has 0 saturated heterocycles. The number of carbonyl (C=O) groups excluding carboxylic acids is 1. The molecule has 12 heteroatoms. The summed E-state index contributed by atoms with van der Waals surface area (Å²) in [6, 6.07) is 5.65. The van der Waals surface area contributed by atoms with Crippen LogP contribution in [0.15, 0.2) is 34.2 Å². The highest BCUT2D eigenvalue weighted by Gasteiger charge is 2.21. The Morgan fingerprint density at radius 1 is 1.18 bits per heavy atom. The summed E-state index contributed by atoms with van der Waals surface area (Å²) in [5.41, 5.74) is 2.18. The van der Waals surface area contributed by atoms with Gasteiger partial charge in [-0.1, -0.05) is 0 Å². The first-order valence-corrected chi connectivity index (χ1v) is 10.4. The predicted octanol–water partition coefficient (Wildman–Crippen LogP) is 0.134. The number of amides is 1. The first-order valence-electron chi connectivity index (χ1n) is 10.4. The third-order valence-corrected chi connectivity index (χ3v) is 5.42. The number of anilines is 1. The average Bonchev–Trinajstić information content (AvgIpc) is 3.42. The largest absolute Gasteiger partial charge is 0.493 e. The zero-order valence-corrected chi connectivity index (χ0v) is 17.2. The Balaban J connectivity index is 1.45. The van der Waals surface area contributed by atoms with Gasteiger partial charge in [-0.2, -0.15) is 19.6 Å². The fourth-order valence-electron chi connectivity index (χ4n) is 3.64. The van der Waals surface area contributed by atoms with Gasteiger partial charge < -0.3 is 20.1 Å². The van der Waals surface area contributed by atoms with Crippen molar-refractivity contribution in [2.45, 2.75) is 31.7 Å². The number of carbonyl (C=O) groups is 1. The molecule has 1 aliphatic carbocycles. The van der Waals surface area contributed by atoms with Crippen LogP contribution in [-0.2, 0) is 11.2 Å². The summed E-state index contributed by atoms with van der Waals surface area (Å²) >= 11 is 0. The maximum absolute atomic E-state index is 11.6. The van der Waals surface area contributed by atoms with Crippen LogP contribution in [-0.4, -0.2) is 46.6 Å². The molecule has 4 N–H and O–H groups in total. The molecule has 0 bridgehead atoms. The van der Waals surface area contributed by atoms with Crippen LogP contribution < -0.4 is 26.6 Å². The van der Waals surface area contributed by atoms with Crippen LogP contribution in [0.1, 0.15) is 30.5 Å². The topological polar surface area (TPSA) is 163 Å². The van der Waals surface area contributed by atoms with E-state index in [0.29, 0.717) is 35.1 Å². The van der Waals surface area contributed by atoms with Crippen LogP contribution in [0.3, 0.4) is 0 Å². The maximum Gasteiger partial charge on any atom is 0.327 e. The van der Waals surface area contributed by atoms with Gasteiger partial charge in [-0.05, 0) is 49.1 Å². The Kier molecular flexibility index (Phi) is 4.25. The van der Waals surface area contributed by atoms with Gasteiger partial charge in [-0.25, -0.2) is 9.79 Å². The Hall–Kier alpha value is -4.48. The number of aryl methyl sites for hydroxylation is 1. The van der Waals surface area contributed by atoms with Crippen molar-refractivity contribution in [3.8, 4) is 17.6 Å². The quantitative estimate of drug-likeness (QED) is 0.346. The van der Waals surface area contributed by atoms with Crippen LogP contribution in [0.4, 0.5) is 5.69 Å². The minimum absolute atomic E-state index is 0.00408. The molecule has 12 nitrogen and oxygen atoms in total. The molecular weight excluding hydrogens is 428 g/mol. The van der Waals surface area contributed by atoms with Crippen LogP contribution in [0.5, 0.6) is 17.6 Å². The second-order valence-corrected chi connectivity index (χ2v) is 7.96. The molecule has 1 fully saturated rings. The van der Waals surface area contributed by atoms with Gasteiger partial charge in [0.15, 0.2) is 5.65 Å². The van der Waals surface area contributed by atoms with E-state index in [-0.39, 0.29) is 29.5 Å². The van der Waals surface area contributed by atoms with Crippen molar-refractivity contribution in [3.63, 3.8) is 0 Å². The molecule has 33 heavy (non-hydrogen) atoms. The summed E-state index contributed by atoms with van der Waals surface area (Å²) in [7, 11) is 0. The van der Waals surface area contributed by atoms with E-state index in [9.17, 15) is 14.7 Å². The van der Waals surface area contributed by atoms with Gasteiger partial charge in [0, 0.05) is 17.3 Å². The van der Waals surface area contributed by atoms with Gasteiger partial charge in [0.25, 0.3) is 5.62 Å². The second-order valence-electron chi connectivity index (χ2n) is 7.96. The predicted molar refractivity (Wildman–Crippen MR) is 115 cm³/mol. The number of aromatic amines is 2. The number of imidazole rings is 1. The van der Waals surface area contributed by atoms with Gasteiger partial charge in [-0.3, -0.25) is 9.78 Å².